The molecule has 3 aromatic rings. The van der Waals surface area contributed by atoms with Gasteiger partial charge in [-0.1, -0.05) is 30.9 Å². The minimum Gasteiger partial charge on any atom is -0.339 e. The molecule has 166 valence electrons. The third kappa shape index (κ3) is 4.88. The first kappa shape index (κ1) is 21.4. The van der Waals surface area contributed by atoms with Crippen molar-refractivity contribution in [2.45, 2.75) is 20.3 Å². The molecule has 1 aliphatic rings. The summed E-state index contributed by atoms with van der Waals surface area (Å²) in [6, 6.07) is 5.81. The summed E-state index contributed by atoms with van der Waals surface area (Å²) in [4.78, 5) is 21.4. The number of fused-ring (bicyclic) bond motifs is 1. The van der Waals surface area contributed by atoms with Crippen LogP contribution in [0.5, 0.6) is 0 Å². The molecule has 9 heteroatoms. The highest BCUT2D eigenvalue weighted by molar-refractivity contribution is 5.79. The Morgan fingerprint density at radius 1 is 1.25 bits per heavy atom. The Bertz CT molecular complexity index is 1180. The highest BCUT2D eigenvalue weighted by Gasteiger charge is 2.24. The first-order valence-electron chi connectivity index (χ1n) is 10.6. The number of rotatable bonds is 7. The lowest BCUT2D eigenvalue weighted by Crippen LogP contribution is -2.49. The molecule has 0 bridgehead atoms. The van der Waals surface area contributed by atoms with Gasteiger partial charge in [0.1, 0.15) is 5.52 Å². The number of allylic oxidation sites excluding steroid dienone is 3. The second-order valence-electron chi connectivity index (χ2n) is 8.04. The summed E-state index contributed by atoms with van der Waals surface area (Å²) >= 11 is 0. The van der Waals surface area contributed by atoms with Gasteiger partial charge in [-0.3, -0.25) is 9.89 Å². The highest BCUT2D eigenvalue weighted by atomic mass is 16.2. The van der Waals surface area contributed by atoms with Crippen LogP contribution in [-0.2, 0) is 4.79 Å². The normalized spacial score (nSPS) is 14.3. The molecule has 32 heavy (non-hydrogen) atoms. The van der Waals surface area contributed by atoms with Gasteiger partial charge in [0.25, 0.3) is 0 Å². The predicted octanol–water partition coefficient (Wildman–Crippen LogP) is 3.23. The standard InChI is InChI=1S/C23H28N8O/c1-16(2)7-8-17(3)14-21(32)29-10-12-30(13-11-29)23-25-22(19-6-5-9-31(19)28-23)24-20-15-18(4)26-27-20/h5-9,15H,1,3,10-14H2,2,4H3,(H2,24,25,26,27,28)/b8-7-. The zero-order chi connectivity index (χ0) is 22.7. The zero-order valence-corrected chi connectivity index (χ0v) is 18.5. The van der Waals surface area contributed by atoms with Gasteiger partial charge in [-0.15, -0.1) is 5.10 Å². The maximum atomic E-state index is 12.6. The molecular formula is C23H28N8O. The number of anilines is 3. The number of nitrogens with zero attached hydrogens (tertiary/aromatic N) is 6. The van der Waals surface area contributed by atoms with E-state index in [1.54, 1.807) is 4.52 Å². The van der Waals surface area contributed by atoms with Gasteiger partial charge in [-0.25, -0.2) is 4.52 Å². The predicted molar refractivity (Wildman–Crippen MR) is 126 cm³/mol. The van der Waals surface area contributed by atoms with Crippen molar-refractivity contribution in [3.63, 3.8) is 0 Å². The van der Waals surface area contributed by atoms with Crippen LogP contribution in [0.2, 0.25) is 0 Å². The molecule has 1 amide bonds. The molecule has 0 radical (unpaired) electrons. The number of H-pyrrole nitrogens is 1. The van der Waals surface area contributed by atoms with Gasteiger partial charge in [-0.05, 0) is 31.6 Å². The Kier molecular flexibility index (Phi) is 6.07. The second kappa shape index (κ2) is 9.09. The van der Waals surface area contributed by atoms with Gasteiger partial charge in [0, 0.05) is 44.1 Å². The molecule has 0 spiro atoms. The Morgan fingerprint density at radius 3 is 2.72 bits per heavy atom. The van der Waals surface area contributed by atoms with Crippen LogP contribution in [0.15, 0.2) is 60.9 Å². The van der Waals surface area contributed by atoms with Gasteiger partial charge in [0.05, 0.1) is 6.42 Å². The SMILES string of the molecule is C=C(C)/C=C\C(=C)CC(=O)N1CCN(c2nc(Nc3cc(C)[nH]n3)c3cccn3n2)CC1. The van der Waals surface area contributed by atoms with Gasteiger partial charge in [0.2, 0.25) is 11.9 Å². The van der Waals surface area contributed by atoms with E-state index in [2.05, 4.69) is 38.7 Å². The highest BCUT2D eigenvalue weighted by Crippen LogP contribution is 2.22. The van der Waals surface area contributed by atoms with Crippen molar-refractivity contribution < 1.29 is 4.79 Å². The Labute approximate surface area is 187 Å². The van der Waals surface area contributed by atoms with Crippen molar-refractivity contribution in [1.82, 2.24) is 29.7 Å². The summed E-state index contributed by atoms with van der Waals surface area (Å²) in [7, 11) is 0. The molecule has 3 aromatic heterocycles. The number of aromatic nitrogens is 5. The topological polar surface area (TPSA) is 94.5 Å². The number of aromatic amines is 1. The fourth-order valence-corrected chi connectivity index (χ4v) is 3.53. The molecule has 4 rings (SSSR count). The third-order valence-corrected chi connectivity index (χ3v) is 5.23. The van der Waals surface area contributed by atoms with Crippen molar-refractivity contribution in [3.8, 4) is 0 Å². The van der Waals surface area contributed by atoms with Gasteiger partial charge >= 0.3 is 0 Å². The quantitative estimate of drug-likeness (QED) is 0.557. The average Bonchev–Trinajstić information content (AvgIpc) is 3.41. The Balaban J connectivity index is 1.43. The van der Waals surface area contributed by atoms with E-state index in [0.717, 1.165) is 22.4 Å². The number of hydrogen-bond donors (Lipinski definition) is 2. The van der Waals surface area contributed by atoms with E-state index >= 15 is 0 Å². The van der Waals surface area contributed by atoms with E-state index in [0.29, 0.717) is 50.2 Å². The van der Waals surface area contributed by atoms with Crippen molar-refractivity contribution in [2.75, 3.05) is 36.4 Å². The van der Waals surface area contributed by atoms with Gasteiger partial charge in [0.15, 0.2) is 11.6 Å². The summed E-state index contributed by atoms with van der Waals surface area (Å²) < 4.78 is 1.81. The number of nitrogens with one attached hydrogen (secondary N) is 2. The van der Waals surface area contributed by atoms with Crippen LogP contribution < -0.4 is 10.2 Å². The lowest BCUT2D eigenvalue weighted by atomic mass is 10.1. The fraction of sp³-hybridized carbons (Fsp3) is 0.304. The molecule has 2 N–H and O–H groups in total. The van der Waals surface area contributed by atoms with Crippen LogP contribution in [0.25, 0.3) is 5.52 Å². The molecule has 1 fully saturated rings. The molecule has 1 saturated heterocycles. The molecule has 0 aliphatic carbocycles. The first-order valence-corrected chi connectivity index (χ1v) is 10.6. The minimum atomic E-state index is 0.0825. The van der Waals surface area contributed by atoms with Gasteiger partial charge in [-0.2, -0.15) is 10.1 Å². The first-order chi connectivity index (χ1) is 15.4. The van der Waals surface area contributed by atoms with Crippen LogP contribution in [0.4, 0.5) is 17.6 Å². The molecule has 1 aliphatic heterocycles. The van der Waals surface area contributed by atoms with Crippen LogP contribution >= 0.6 is 0 Å². The number of amides is 1. The zero-order valence-electron chi connectivity index (χ0n) is 18.5. The van der Waals surface area contributed by atoms with Crippen molar-refractivity contribution >= 4 is 29.0 Å². The largest absolute Gasteiger partial charge is 0.339 e. The molecule has 9 nitrogen and oxygen atoms in total. The average molecular weight is 433 g/mol. The van der Waals surface area contributed by atoms with Crippen LogP contribution in [0, 0.1) is 6.92 Å². The molecular weight excluding hydrogens is 404 g/mol. The minimum absolute atomic E-state index is 0.0825. The van der Waals surface area contributed by atoms with Crippen molar-refractivity contribution in [2.24, 2.45) is 0 Å². The maximum absolute atomic E-state index is 12.6. The van der Waals surface area contributed by atoms with Crippen LogP contribution in [-0.4, -0.2) is 61.8 Å². The van der Waals surface area contributed by atoms with Crippen molar-refractivity contribution in [3.05, 3.63) is 66.5 Å². The summed E-state index contributed by atoms with van der Waals surface area (Å²) in [5.41, 5.74) is 3.55. The summed E-state index contributed by atoms with van der Waals surface area (Å²) in [5, 5.41) is 15.1. The Hall–Kier alpha value is -3.88. The Morgan fingerprint density at radius 2 is 2.03 bits per heavy atom. The number of piperazine rings is 1. The molecule has 0 atom stereocenters. The van der Waals surface area contributed by atoms with E-state index in [9.17, 15) is 4.79 Å². The van der Waals surface area contributed by atoms with Gasteiger partial charge < -0.3 is 15.1 Å². The number of carbonyl (C=O) groups is 1. The third-order valence-electron chi connectivity index (χ3n) is 5.23. The van der Waals surface area contributed by atoms with Crippen LogP contribution in [0.3, 0.4) is 0 Å². The number of hydrogen-bond acceptors (Lipinski definition) is 6. The monoisotopic (exact) mass is 432 g/mol. The lowest BCUT2D eigenvalue weighted by molar-refractivity contribution is -0.130. The molecule has 0 saturated carbocycles. The smallest absolute Gasteiger partial charge is 0.245 e. The van der Waals surface area contributed by atoms with E-state index in [1.807, 2.05) is 55.3 Å². The van der Waals surface area contributed by atoms with E-state index < -0.39 is 0 Å². The summed E-state index contributed by atoms with van der Waals surface area (Å²) in [6.45, 7) is 14.2. The van der Waals surface area contributed by atoms with Crippen molar-refractivity contribution in [1.29, 1.82) is 0 Å². The maximum Gasteiger partial charge on any atom is 0.245 e. The van der Waals surface area contributed by atoms with E-state index in [-0.39, 0.29) is 5.91 Å². The fourth-order valence-electron chi connectivity index (χ4n) is 3.53. The molecule has 0 aromatic carbocycles. The second-order valence-corrected chi connectivity index (χ2v) is 8.04. The summed E-state index contributed by atoms with van der Waals surface area (Å²) in [5.74, 6) is 2.08. The van der Waals surface area contributed by atoms with E-state index in [4.69, 9.17) is 4.98 Å². The number of aryl methyl sites for hydroxylation is 1. The molecule has 4 heterocycles. The van der Waals surface area contributed by atoms with E-state index in [1.165, 1.54) is 0 Å². The number of carbonyl (C=O) groups excluding carboxylic acids is 1. The summed E-state index contributed by atoms with van der Waals surface area (Å²) in [6.07, 6.45) is 5.93. The van der Waals surface area contributed by atoms with Crippen LogP contribution in [0.1, 0.15) is 19.0 Å². The lowest BCUT2D eigenvalue weighted by Gasteiger charge is -2.35. The molecule has 0 unspecified atom stereocenters.